The summed E-state index contributed by atoms with van der Waals surface area (Å²) in [4.78, 5) is 12.0. The van der Waals surface area contributed by atoms with E-state index in [-0.39, 0.29) is 5.78 Å². The first-order valence-corrected chi connectivity index (χ1v) is 6.63. The lowest BCUT2D eigenvalue weighted by atomic mass is 10.1. The SMILES string of the molecule is O=C(C=Cc1ccc(Cl)cc1)c1ccc(Cl)cc1Cl. The molecule has 19 heavy (non-hydrogen) atoms. The summed E-state index contributed by atoms with van der Waals surface area (Å²) in [5, 5.41) is 1.51. The smallest absolute Gasteiger partial charge is 0.187 e. The van der Waals surface area contributed by atoms with Crippen LogP contribution in [0.3, 0.4) is 0 Å². The van der Waals surface area contributed by atoms with Crippen LogP contribution in [0.25, 0.3) is 6.08 Å². The molecule has 96 valence electrons. The van der Waals surface area contributed by atoms with E-state index >= 15 is 0 Å². The van der Waals surface area contributed by atoms with Gasteiger partial charge in [-0.3, -0.25) is 4.79 Å². The van der Waals surface area contributed by atoms with E-state index in [9.17, 15) is 4.79 Å². The predicted molar refractivity (Wildman–Crippen MR) is 81.3 cm³/mol. The first kappa shape index (κ1) is 14.1. The second-order valence-electron chi connectivity index (χ2n) is 3.87. The number of hydrogen-bond acceptors (Lipinski definition) is 1. The highest BCUT2D eigenvalue weighted by Crippen LogP contribution is 2.22. The van der Waals surface area contributed by atoms with E-state index in [1.54, 1.807) is 36.4 Å². The van der Waals surface area contributed by atoms with Crippen LogP contribution in [0, 0.1) is 0 Å². The highest BCUT2D eigenvalue weighted by Gasteiger charge is 2.07. The molecule has 0 spiro atoms. The van der Waals surface area contributed by atoms with E-state index in [1.165, 1.54) is 6.08 Å². The van der Waals surface area contributed by atoms with Crippen LogP contribution in [-0.2, 0) is 0 Å². The van der Waals surface area contributed by atoms with Gasteiger partial charge in [0.05, 0.1) is 5.02 Å². The van der Waals surface area contributed by atoms with Crippen molar-refractivity contribution in [3.8, 4) is 0 Å². The van der Waals surface area contributed by atoms with Crippen LogP contribution in [0.15, 0.2) is 48.5 Å². The molecule has 0 aliphatic heterocycles. The fourth-order valence-electron chi connectivity index (χ4n) is 1.52. The van der Waals surface area contributed by atoms with Crippen LogP contribution < -0.4 is 0 Å². The molecule has 2 rings (SSSR count). The van der Waals surface area contributed by atoms with Gasteiger partial charge in [0.25, 0.3) is 0 Å². The molecular weight excluding hydrogens is 303 g/mol. The highest BCUT2D eigenvalue weighted by atomic mass is 35.5. The summed E-state index contributed by atoms with van der Waals surface area (Å²) < 4.78 is 0. The Kier molecular flexibility index (Phi) is 4.65. The number of benzene rings is 2. The average molecular weight is 312 g/mol. The standard InChI is InChI=1S/C15H9Cl3O/c16-11-4-1-10(2-5-11)3-8-15(19)13-7-6-12(17)9-14(13)18/h1-9H. The third-order valence-electron chi connectivity index (χ3n) is 2.49. The molecule has 2 aromatic rings. The van der Waals surface area contributed by atoms with E-state index < -0.39 is 0 Å². The van der Waals surface area contributed by atoms with Crippen LogP contribution in [-0.4, -0.2) is 5.78 Å². The molecule has 0 fully saturated rings. The second-order valence-corrected chi connectivity index (χ2v) is 5.15. The van der Waals surface area contributed by atoms with Gasteiger partial charge in [0.1, 0.15) is 0 Å². The normalized spacial score (nSPS) is 10.9. The maximum absolute atomic E-state index is 12.0. The zero-order valence-corrected chi connectivity index (χ0v) is 12.0. The zero-order chi connectivity index (χ0) is 13.8. The number of rotatable bonds is 3. The first-order chi connectivity index (χ1) is 9.06. The molecule has 0 aliphatic rings. The summed E-state index contributed by atoms with van der Waals surface area (Å²) in [7, 11) is 0. The molecule has 0 saturated carbocycles. The van der Waals surface area contributed by atoms with E-state index in [1.807, 2.05) is 12.1 Å². The lowest BCUT2D eigenvalue weighted by Crippen LogP contribution is -1.95. The molecule has 1 nitrogen and oxygen atoms in total. The number of carbonyl (C=O) groups is 1. The quantitative estimate of drug-likeness (QED) is 0.537. The summed E-state index contributed by atoms with van der Waals surface area (Å²) in [5.41, 5.74) is 1.32. The summed E-state index contributed by atoms with van der Waals surface area (Å²) in [6, 6.07) is 12.0. The molecule has 0 amide bonds. The minimum atomic E-state index is -0.170. The number of hydrogen-bond donors (Lipinski definition) is 0. The Bertz CT molecular complexity index is 630. The minimum Gasteiger partial charge on any atom is -0.289 e. The second kappa shape index (κ2) is 6.25. The monoisotopic (exact) mass is 310 g/mol. The highest BCUT2D eigenvalue weighted by molar-refractivity contribution is 6.37. The van der Waals surface area contributed by atoms with Crippen molar-refractivity contribution in [3.05, 3.63) is 74.7 Å². The number of allylic oxidation sites excluding steroid dienone is 1. The molecule has 0 atom stereocenters. The molecule has 0 aromatic heterocycles. The van der Waals surface area contributed by atoms with Crippen LogP contribution in [0.2, 0.25) is 15.1 Å². The first-order valence-electron chi connectivity index (χ1n) is 5.49. The fourth-order valence-corrected chi connectivity index (χ4v) is 2.15. The van der Waals surface area contributed by atoms with Crippen LogP contribution >= 0.6 is 34.8 Å². The number of ketones is 1. The number of halogens is 3. The van der Waals surface area contributed by atoms with E-state index in [4.69, 9.17) is 34.8 Å². The molecule has 0 aliphatic carbocycles. The van der Waals surface area contributed by atoms with Gasteiger partial charge in [0.2, 0.25) is 0 Å². The fraction of sp³-hybridized carbons (Fsp3) is 0. The van der Waals surface area contributed by atoms with Crippen molar-refractivity contribution in [3.63, 3.8) is 0 Å². The predicted octanol–water partition coefficient (Wildman–Crippen LogP) is 5.54. The largest absolute Gasteiger partial charge is 0.289 e. The van der Waals surface area contributed by atoms with Crippen molar-refractivity contribution in [1.82, 2.24) is 0 Å². The van der Waals surface area contributed by atoms with Crippen LogP contribution in [0.5, 0.6) is 0 Å². The summed E-state index contributed by atoms with van der Waals surface area (Å²) >= 11 is 17.5. The minimum absolute atomic E-state index is 0.170. The molecular formula is C15H9Cl3O. The van der Waals surface area contributed by atoms with Gasteiger partial charge in [-0.05, 0) is 42.0 Å². The van der Waals surface area contributed by atoms with Crippen LogP contribution in [0.4, 0.5) is 0 Å². The van der Waals surface area contributed by atoms with Crippen molar-refractivity contribution in [2.45, 2.75) is 0 Å². The van der Waals surface area contributed by atoms with E-state index in [0.29, 0.717) is 20.6 Å². The average Bonchev–Trinajstić information content (AvgIpc) is 2.37. The van der Waals surface area contributed by atoms with Crippen LogP contribution in [0.1, 0.15) is 15.9 Å². The lowest BCUT2D eigenvalue weighted by Gasteiger charge is -2.00. The Labute approximate surface area is 126 Å². The summed E-state index contributed by atoms with van der Waals surface area (Å²) in [6.45, 7) is 0. The maximum Gasteiger partial charge on any atom is 0.187 e. The van der Waals surface area contributed by atoms with Crippen molar-refractivity contribution in [1.29, 1.82) is 0 Å². The summed E-state index contributed by atoms with van der Waals surface area (Å²) in [5.74, 6) is -0.170. The Morgan fingerprint density at radius 2 is 1.53 bits per heavy atom. The van der Waals surface area contributed by atoms with E-state index in [0.717, 1.165) is 5.56 Å². The molecule has 0 N–H and O–H groups in total. The van der Waals surface area contributed by atoms with Gasteiger partial charge in [-0.25, -0.2) is 0 Å². The maximum atomic E-state index is 12.0. The third-order valence-corrected chi connectivity index (χ3v) is 3.29. The van der Waals surface area contributed by atoms with Gasteiger partial charge in [-0.1, -0.05) is 53.0 Å². The molecule has 0 saturated heterocycles. The van der Waals surface area contributed by atoms with Crippen molar-refractivity contribution in [2.75, 3.05) is 0 Å². The molecule has 2 aromatic carbocycles. The van der Waals surface area contributed by atoms with Gasteiger partial charge in [0, 0.05) is 15.6 Å². The molecule has 4 heteroatoms. The van der Waals surface area contributed by atoms with Gasteiger partial charge < -0.3 is 0 Å². The Hall–Kier alpha value is -1.28. The van der Waals surface area contributed by atoms with Gasteiger partial charge in [-0.2, -0.15) is 0 Å². The van der Waals surface area contributed by atoms with E-state index in [2.05, 4.69) is 0 Å². The lowest BCUT2D eigenvalue weighted by molar-refractivity contribution is 0.104. The van der Waals surface area contributed by atoms with Crippen molar-refractivity contribution >= 4 is 46.7 Å². The molecule has 0 heterocycles. The van der Waals surface area contributed by atoms with Crippen molar-refractivity contribution < 1.29 is 4.79 Å². The zero-order valence-electron chi connectivity index (χ0n) is 9.74. The van der Waals surface area contributed by atoms with Gasteiger partial charge in [-0.15, -0.1) is 0 Å². The Balaban J connectivity index is 2.18. The third kappa shape index (κ3) is 3.84. The number of carbonyl (C=O) groups excluding carboxylic acids is 1. The molecule has 0 radical (unpaired) electrons. The topological polar surface area (TPSA) is 17.1 Å². The Morgan fingerprint density at radius 1 is 0.895 bits per heavy atom. The molecule has 0 bridgehead atoms. The Morgan fingerprint density at radius 3 is 2.16 bits per heavy atom. The summed E-state index contributed by atoms with van der Waals surface area (Å²) in [6.07, 6.45) is 3.18. The molecule has 0 unspecified atom stereocenters. The van der Waals surface area contributed by atoms with Crippen molar-refractivity contribution in [2.24, 2.45) is 0 Å². The van der Waals surface area contributed by atoms with Gasteiger partial charge >= 0.3 is 0 Å². The van der Waals surface area contributed by atoms with Gasteiger partial charge in [0.15, 0.2) is 5.78 Å².